The maximum Gasteiger partial charge on any atom is 0.178 e. The maximum absolute atomic E-state index is 12.0. The second-order valence-corrected chi connectivity index (χ2v) is 6.57. The highest BCUT2D eigenvalue weighted by atomic mass is 79.9. The number of allylic oxidation sites excluding steroid dienone is 2. The van der Waals surface area contributed by atoms with Gasteiger partial charge < -0.3 is 5.21 Å². The van der Waals surface area contributed by atoms with Crippen LogP contribution in [-0.4, -0.2) is 21.5 Å². The Balaban J connectivity index is 3.19. The van der Waals surface area contributed by atoms with Gasteiger partial charge in [-0.2, -0.15) is 0 Å². The van der Waals surface area contributed by atoms with Crippen molar-refractivity contribution in [3.63, 3.8) is 0 Å². The molecule has 1 rings (SSSR count). The molecule has 0 aromatic heterocycles. The third kappa shape index (κ3) is 2.73. The van der Waals surface area contributed by atoms with Crippen molar-refractivity contribution in [2.75, 3.05) is 0 Å². The molecule has 0 aliphatic heterocycles. The number of Topliss-reactive ketones (excluding diaryl/α,β-unsaturated/α-hetero) is 1. The number of carbonyl (C=O) groups is 1. The minimum atomic E-state index is -0.240. The number of oxime groups is 1. The molecule has 16 heavy (non-hydrogen) atoms. The number of carbonyl (C=O) groups excluding carboxylic acids is 1. The second-order valence-electron chi connectivity index (χ2n) is 5.20. The fourth-order valence-corrected chi connectivity index (χ4v) is 2.52. The van der Waals surface area contributed by atoms with Gasteiger partial charge in [-0.3, -0.25) is 4.79 Å². The van der Waals surface area contributed by atoms with Crippen molar-refractivity contribution in [1.82, 2.24) is 0 Å². The van der Waals surface area contributed by atoms with Crippen LogP contribution in [0.15, 0.2) is 16.3 Å². The Morgan fingerprint density at radius 3 is 2.50 bits per heavy atom. The summed E-state index contributed by atoms with van der Waals surface area (Å²) >= 11 is 3.27. The van der Waals surface area contributed by atoms with Crippen LogP contribution in [-0.2, 0) is 4.79 Å². The number of rotatable bonds is 2. The highest BCUT2D eigenvalue weighted by Crippen LogP contribution is 2.37. The molecule has 0 radical (unpaired) electrons. The van der Waals surface area contributed by atoms with E-state index in [2.05, 4.69) is 34.9 Å². The summed E-state index contributed by atoms with van der Waals surface area (Å²) in [4.78, 5) is 11.8. The lowest BCUT2D eigenvalue weighted by Crippen LogP contribution is -2.31. The molecule has 90 valence electrons. The number of alkyl halides is 1. The molecular formula is C12H18BrNO2. The number of ketones is 1. The second kappa shape index (κ2) is 4.70. The third-order valence-corrected chi connectivity index (χ3v) is 3.25. The van der Waals surface area contributed by atoms with E-state index < -0.39 is 0 Å². The van der Waals surface area contributed by atoms with E-state index >= 15 is 0 Å². The lowest BCUT2D eigenvalue weighted by Gasteiger charge is -2.32. The van der Waals surface area contributed by atoms with Crippen molar-refractivity contribution in [1.29, 1.82) is 0 Å². The highest BCUT2D eigenvalue weighted by Gasteiger charge is 2.34. The zero-order valence-corrected chi connectivity index (χ0v) is 11.8. The molecule has 0 aromatic rings. The maximum atomic E-state index is 12.0. The Morgan fingerprint density at radius 1 is 1.50 bits per heavy atom. The molecule has 3 nitrogen and oxygen atoms in total. The van der Waals surface area contributed by atoms with Crippen LogP contribution in [0.2, 0.25) is 0 Å². The fraction of sp³-hybridized carbons (Fsp3) is 0.667. The van der Waals surface area contributed by atoms with E-state index in [0.717, 1.165) is 12.0 Å². The number of nitrogens with zero attached hydrogens (tertiary/aromatic N) is 1. The van der Waals surface area contributed by atoms with Gasteiger partial charge in [-0.05, 0) is 32.1 Å². The SMILES string of the molecule is CC1=C(C(=O)C(C)Br)C(=NO)CC(C)(C)C1. The summed E-state index contributed by atoms with van der Waals surface area (Å²) in [5.74, 6) is 0.000741. The minimum Gasteiger partial charge on any atom is -0.411 e. The number of hydrogen-bond donors (Lipinski definition) is 1. The summed E-state index contributed by atoms with van der Waals surface area (Å²) in [7, 11) is 0. The van der Waals surface area contributed by atoms with Gasteiger partial charge in [-0.25, -0.2) is 0 Å². The molecule has 0 amide bonds. The van der Waals surface area contributed by atoms with Gasteiger partial charge in [0, 0.05) is 5.57 Å². The monoisotopic (exact) mass is 287 g/mol. The van der Waals surface area contributed by atoms with E-state index in [1.165, 1.54) is 0 Å². The highest BCUT2D eigenvalue weighted by molar-refractivity contribution is 9.10. The molecule has 0 spiro atoms. The van der Waals surface area contributed by atoms with Crippen LogP contribution >= 0.6 is 15.9 Å². The van der Waals surface area contributed by atoms with E-state index in [0.29, 0.717) is 17.7 Å². The first-order valence-corrected chi connectivity index (χ1v) is 6.29. The lowest BCUT2D eigenvalue weighted by atomic mass is 9.72. The van der Waals surface area contributed by atoms with E-state index in [9.17, 15) is 4.79 Å². The van der Waals surface area contributed by atoms with E-state index in [-0.39, 0.29) is 16.0 Å². The molecule has 1 unspecified atom stereocenters. The van der Waals surface area contributed by atoms with Crippen molar-refractivity contribution >= 4 is 27.4 Å². The molecular weight excluding hydrogens is 270 g/mol. The summed E-state index contributed by atoms with van der Waals surface area (Å²) in [5.41, 5.74) is 2.20. The number of halogens is 1. The van der Waals surface area contributed by atoms with Crippen LogP contribution in [0.1, 0.15) is 40.5 Å². The van der Waals surface area contributed by atoms with E-state index in [1.54, 1.807) is 6.92 Å². The van der Waals surface area contributed by atoms with Gasteiger partial charge >= 0.3 is 0 Å². The van der Waals surface area contributed by atoms with Crippen molar-refractivity contribution in [2.24, 2.45) is 10.6 Å². The van der Waals surface area contributed by atoms with E-state index in [4.69, 9.17) is 5.21 Å². The molecule has 1 atom stereocenters. The van der Waals surface area contributed by atoms with Gasteiger partial charge in [-0.1, -0.05) is 40.5 Å². The predicted octanol–water partition coefficient (Wildman–Crippen LogP) is 3.31. The molecule has 4 heteroatoms. The van der Waals surface area contributed by atoms with Crippen molar-refractivity contribution < 1.29 is 10.0 Å². The van der Waals surface area contributed by atoms with Gasteiger partial charge in [0.1, 0.15) is 0 Å². The molecule has 0 saturated heterocycles. The molecule has 0 fully saturated rings. The minimum absolute atomic E-state index is 0.000741. The zero-order valence-electron chi connectivity index (χ0n) is 10.2. The molecule has 1 N–H and O–H groups in total. The van der Waals surface area contributed by atoms with Crippen molar-refractivity contribution in [3.8, 4) is 0 Å². The zero-order chi connectivity index (χ0) is 12.5. The summed E-state index contributed by atoms with van der Waals surface area (Å²) in [6, 6.07) is 0. The first kappa shape index (κ1) is 13.4. The fourth-order valence-electron chi connectivity index (χ4n) is 2.29. The van der Waals surface area contributed by atoms with Gasteiger partial charge in [0.15, 0.2) is 5.78 Å². The number of hydrogen-bond acceptors (Lipinski definition) is 3. The van der Waals surface area contributed by atoms with Crippen LogP contribution in [0.4, 0.5) is 0 Å². The quantitative estimate of drug-likeness (QED) is 0.481. The van der Waals surface area contributed by atoms with Gasteiger partial charge in [0.25, 0.3) is 0 Å². The van der Waals surface area contributed by atoms with Gasteiger partial charge in [0.2, 0.25) is 0 Å². The normalized spacial score (nSPS) is 24.7. The smallest absolute Gasteiger partial charge is 0.178 e. The Kier molecular flexibility index (Phi) is 3.94. The first-order valence-electron chi connectivity index (χ1n) is 5.38. The van der Waals surface area contributed by atoms with Gasteiger partial charge in [0.05, 0.1) is 10.5 Å². The summed E-state index contributed by atoms with van der Waals surface area (Å²) < 4.78 is 0. The van der Waals surface area contributed by atoms with E-state index in [1.807, 2.05) is 6.92 Å². The van der Waals surface area contributed by atoms with Crippen molar-refractivity contribution in [3.05, 3.63) is 11.1 Å². The molecule has 1 aliphatic rings. The average Bonchev–Trinajstić information content (AvgIpc) is 2.14. The Bertz CT molecular complexity index is 367. The first-order chi connectivity index (χ1) is 7.28. The molecule has 0 heterocycles. The molecule has 0 aromatic carbocycles. The van der Waals surface area contributed by atoms with Crippen molar-refractivity contribution in [2.45, 2.75) is 45.4 Å². The molecule has 1 aliphatic carbocycles. The summed E-state index contributed by atoms with van der Waals surface area (Å²) in [6.45, 7) is 7.95. The predicted molar refractivity (Wildman–Crippen MR) is 68.3 cm³/mol. The Hall–Kier alpha value is -0.640. The van der Waals surface area contributed by atoms with Crippen LogP contribution in [0, 0.1) is 5.41 Å². The molecule has 0 bridgehead atoms. The lowest BCUT2D eigenvalue weighted by molar-refractivity contribution is -0.114. The standard InChI is InChI=1S/C12H18BrNO2/c1-7-5-12(3,4)6-9(14-16)10(7)11(15)8(2)13/h8,16H,5-6H2,1-4H3. The largest absolute Gasteiger partial charge is 0.411 e. The van der Waals surface area contributed by atoms with Crippen LogP contribution in [0.25, 0.3) is 0 Å². The Labute approximate surface area is 105 Å². The van der Waals surface area contributed by atoms with Gasteiger partial charge in [-0.15, -0.1) is 0 Å². The summed E-state index contributed by atoms with van der Waals surface area (Å²) in [5, 5.41) is 12.3. The third-order valence-electron chi connectivity index (χ3n) is 2.83. The van der Waals surface area contributed by atoms with Crippen LogP contribution in [0.5, 0.6) is 0 Å². The van der Waals surface area contributed by atoms with Crippen LogP contribution < -0.4 is 0 Å². The van der Waals surface area contributed by atoms with Crippen LogP contribution in [0.3, 0.4) is 0 Å². The topological polar surface area (TPSA) is 49.7 Å². The Morgan fingerprint density at radius 2 is 2.06 bits per heavy atom. The average molecular weight is 288 g/mol. The molecule has 0 saturated carbocycles. The summed E-state index contributed by atoms with van der Waals surface area (Å²) in [6.07, 6.45) is 1.51.